The summed E-state index contributed by atoms with van der Waals surface area (Å²) in [6.07, 6.45) is 6.57. The van der Waals surface area contributed by atoms with E-state index in [9.17, 15) is 0 Å². The lowest BCUT2D eigenvalue weighted by molar-refractivity contribution is 0.683. The van der Waals surface area contributed by atoms with Crippen molar-refractivity contribution in [1.29, 1.82) is 0 Å². The number of nitrogens with zero attached hydrogens (tertiary/aromatic N) is 2. The Morgan fingerprint density at radius 2 is 2.25 bits per heavy atom. The third-order valence-electron chi connectivity index (χ3n) is 1.95. The van der Waals surface area contributed by atoms with Gasteiger partial charge in [0, 0.05) is 13.2 Å². The van der Waals surface area contributed by atoms with E-state index in [1.165, 1.54) is 19.3 Å². The molecule has 1 rings (SSSR count). The Hall–Kier alpha value is -0.990. The van der Waals surface area contributed by atoms with E-state index in [0.717, 1.165) is 17.8 Å². The van der Waals surface area contributed by atoms with E-state index in [2.05, 4.69) is 12.0 Å². The SMILES string of the molecule is CCCCCc1nn(C)cc1N. The van der Waals surface area contributed by atoms with Crippen LogP contribution in [0.5, 0.6) is 0 Å². The Morgan fingerprint density at radius 3 is 2.75 bits per heavy atom. The summed E-state index contributed by atoms with van der Waals surface area (Å²) in [7, 11) is 1.90. The zero-order valence-corrected chi connectivity index (χ0v) is 7.88. The monoisotopic (exact) mass is 167 g/mol. The average Bonchev–Trinajstić information content (AvgIpc) is 2.31. The summed E-state index contributed by atoms with van der Waals surface area (Å²) in [5.41, 5.74) is 7.61. The van der Waals surface area contributed by atoms with Crippen molar-refractivity contribution in [2.45, 2.75) is 32.6 Å². The largest absolute Gasteiger partial charge is 0.396 e. The molecule has 0 aliphatic carbocycles. The van der Waals surface area contributed by atoms with Gasteiger partial charge in [-0.25, -0.2) is 0 Å². The molecule has 0 fully saturated rings. The van der Waals surface area contributed by atoms with Crippen molar-refractivity contribution in [3.8, 4) is 0 Å². The van der Waals surface area contributed by atoms with Crippen LogP contribution in [0.15, 0.2) is 6.20 Å². The molecule has 1 heterocycles. The van der Waals surface area contributed by atoms with Gasteiger partial charge in [0.05, 0.1) is 11.4 Å². The van der Waals surface area contributed by atoms with Gasteiger partial charge in [0.2, 0.25) is 0 Å². The van der Waals surface area contributed by atoms with Crippen LogP contribution in [-0.4, -0.2) is 9.78 Å². The molecule has 1 aromatic rings. The van der Waals surface area contributed by atoms with Gasteiger partial charge in [-0.2, -0.15) is 5.10 Å². The topological polar surface area (TPSA) is 43.8 Å². The maximum atomic E-state index is 5.74. The Balaban J connectivity index is 2.45. The summed E-state index contributed by atoms with van der Waals surface area (Å²) >= 11 is 0. The van der Waals surface area contributed by atoms with Crippen LogP contribution in [-0.2, 0) is 13.5 Å². The highest BCUT2D eigenvalue weighted by Crippen LogP contribution is 2.11. The zero-order valence-electron chi connectivity index (χ0n) is 7.88. The van der Waals surface area contributed by atoms with Crippen LogP contribution in [0.1, 0.15) is 31.9 Å². The van der Waals surface area contributed by atoms with Crippen LogP contribution in [0.2, 0.25) is 0 Å². The lowest BCUT2D eigenvalue weighted by atomic mass is 10.1. The summed E-state index contributed by atoms with van der Waals surface area (Å²) < 4.78 is 1.77. The number of hydrogen-bond acceptors (Lipinski definition) is 2. The van der Waals surface area contributed by atoms with Crippen molar-refractivity contribution in [3.05, 3.63) is 11.9 Å². The smallest absolute Gasteiger partial charge is 0.0853 e. The number of aromatic nitrogens is 2. The second kappa shape index (κ2) is 4.14. The summed E-state index contributed by atoms with van der Waals surface area (Å²) in [6, 6.07) is 0. The second-order valence-electron chi connectivity index (χ2n) is 3.16. The van der Waals surface area contributed by atoms with Gasteiger partial charge >= 0.3 is 0 Å². The van der Waals surface area contributed by atoms with Crippen LogP contribution in [0.3, 0.4) is 0 Å². The fourth-order valence-electron chi connectivity index (χ4n) is 1.29. The first-order valence-corrected chi connectivity index (χ1v) is 4.52. The van der Waals surface area contributed by atoms with E-state index in [0.29, 0.717) is 0 Å². The molecule has 0 saturated heterocycles. The standard InChI is InChI=1S/C9H17N3/c1-3-4-5-6-9-8(10)7-12(2)11-9/h7H,3-6,10H2,1-2H3. The Kier molecular flexibility index (Phi) is 3.14. The molecule has 0 amide bonds. The molecule has 0 aromatic carbocycles. The predicted molar refractivity (Wildman–Crippen MR) is 50.8 cm³/mol. The van der Waals surface area contributed by atoms with Gasteiger partial charge in [-0.1, -0.05) is 19.8 Å². The molecule has 0 saturated carbocycles. The van der Waals surface area contributed by atoms with Crippen molar-refractivity contribution in [3.63, 3.8) is 0 Å². The fourth-order valence-corrected chi connectivity index (χ4v) is 1.29. The second-order valence-corrected chi connectivity index (χ2v) is 3.16. The maximum Gasteiger partial charge on any atom is 0.0853 e. The molecule has 0 aliphatic heterocycles. The molecule has 3 heteroatoms. The molecule has 68 valence electrons. The maximum absolute atomic E-state index is 5.74. The minimum atomic E-state index is 0.827. The first-order chi connectivity index (χ1) is 5.74. The highest BCUT2D eigenvalue weighted by Gasteiger charge is 2.02. The van der Waals surface area contributed by atoms with Crippen molar-refractivity contribution in [2.24, 2.45) is 7.05 Å². The third kappa shape index (κ3) is 2.26. The molecule has 12 heavy (non-hydrogen) atoms. The van der Waals surface area contributed by atoms with Gasteiger partial charge < -0.3 is 5.73 Å². The van der Waals surface area contributed by atoms with E-state index >= 15 is 0 Å². The highest BCUT2D eigenvalue weighted by molar-refractivity contribution is 5.40. The molecule has 0 bridgehead atoms. The van der Waals surface area contributed by atoms with Gasteiger partial charge in [-0.15, -0.1) is 0 Å². The lowest BCUT2D eigenvalue weighted by Gasteiger charge is -1.95. The molecule has 0 aliphatic rings. The number of hydrogen-bond donors (Lipinski definition) is 1. The first kappa shape index (κ1) is 9.10. The summed E-state index contributed by atoms with van der Waals surface area (Å²) in [4.78, 5) is 0. The van der Waals surface area contributed by atoms with Crippen molar-refractivity contribution in [1.82, 2.24) is 9.78 Å². The minimum Gasteiger partial charge on any atom is -0.396 e. The van der Waals surface area contributed by atoms with Crippen molar-refractivity contribution >= 4 is 5.69 Å². The van der Waals surface area contributed by atoms with Gasteiger partial charge in [0.1, 0.15) is 0 Å². The number of rotatable bonds is 4. The minimum absolute atomic E-state index is 0.827. The Morgan fingerprint density at radius 1 is 1.50 bits per heavy atom. The van der Waals surface area contributed by atoms with Crippen LogP contribution in [0.25, 0.3) is 0 Å². The van der Waals surface area contributed by atoms with Gasteiger partial charge in [-0.05, 0) is 12.8 Å². The van der Waals surface area contributed by atoms with Gasteiger partial charge in [0.25, 0.3) is 0 Å². The predicted octanol–water partition coefficient (Wildman–Crippen LogP) is 1.73. The van der Waals surface area contributed by atoms with Crippen LogP contribution in [0, 0.1) is 0 Å². The lowest BCUT2D eigenvalue weighted by Crippen LogP contribution is -1.93. The van der Waals surface area contributed by atoms with E-state index in [4.69, 9.17) is 5.73 Å². The van der Waals surface area contributed by atoms with Crippen LogP contribution in [0.4, 0.5) is 5.69 Å². The Bertz CT molecular complexity index is 240. The van der Waals surface area contributed by atoms with Gasteiger partial charge in [0.15, 0.2) is 0 Å². The average molecular weight is 167 g/mol. The molecule has 0 radical (unpaired) electrons. The van der Waals surface area contributed by atoms with Crippen LogP contribution < -0.4 is 5.73 Å². The van der Waals surface area contributed by atoms with E-state index in [1.807, 2.05) is 13.2 Å². The first-order valence-electron chi connectivity index (χ1n) is 4.52. The summed E-state index contributed by atoms with van der Waals surface area (Å²) in [6.45, 7) is 2.20. The molecule has 0 spiro atoms. The molecule has 0 unspecified atom stereocenters. The van der Waals surface area contributed by atoms with E-state index in [1.54, 1.807) is 4.68 Å². The molecule has 3 nitrogen and oxygen atoms in total. The molecule has 1 aromatic heterocycles. The van der Waals surface area contributed by atoms with Crippen molar-refractivity contribution < 1.29 is 0 Å². The van der Waals surface area contributed by atoms with Crippen LogP contribution >= 0.6 is 0 Å². The number of unbranched alkanes of at least 4 members (excludes halogenated alkanes) is 2. The normalized spacial score (nSPS) is 10.5. The highest BCUT2D eigenvalue weighted by atomic mass is 15.3. The number of aryl methyl sites for hydroxylation is 2. The number of nitrogens with two attached hydrogens (primary N) is 1. The molecule has 0 atom stereocenters. The molecule has 2 N–H and O–H groups in total. The third-order valence-corrected chi connectivity index (χ3v) is 1.95. The molecular weight excluding hydrogens is 150 g/mol. The van der Waals surface area contributed by atoms with Gasteiger partial charge in [-0.3, -0.25) is 4.68 Å². The number of nitrogen functional groups attached to an aromatic ring is 1. The zero-order chi connectivity index (χ0) is 8.97. The Labute approximate surface area is 73.6 Å². The van der Waals surface area contributed by atoms with E-state index < -0.39 is 0 Å². The summed E-state index contributed by atoms with van der Waals surface area (Å²) in [5, 5.41) is 4.27. The fraction of sp³-hybridized carbons (Fsp3) is 0.667. The quantitative estimate of drug-likeness (QED) is 0.694. The molecular formula is C9H17N3. The van der Waals surface area contributed by atoms with Crippen molar-refractivity contribution in [2.75, 3.05) is 5.73 Å². The van der Waals surface area contributed by atoms with E-state index in [-0.39, 0.29) is 0 Å². The number of anilines is 1. The summed E-state index contributed by atoms with van der Waals surface area (Å²) in [5.74, 6) is 0.